The molecule has 1 heterocycles. The Morgan fingerprint density at radius 2 is 1.82 bits per heavy atom. The molecule has 0 aliphatic rings. The number of aliphatic hydroxyl groups excluding tert-OH is 1. The predicted octanol–water partition coefficient (Wildman–Crippen LogP) is 3.00. The van der Waals surface area contributed by atoms with E-state index in [2.05, 4.69) is 4.98 Å². The molecule has 210 valence electrons. The summed E-state index contributed by atoms with van der Waals surface area (Å²) in [5.74, 6) is -0.721. The zero-order chi connectivity index (χ0) is 28.7. The number of aryl methyl sites for hydroxylation is 3. The molecule has 0 aliphatic heterocycles. The van der Waals surface area contributed by atoms with Crippen molar-refractivity contribution < 1.29 is 27.9 Å². The van der Waals surface area contributed by atoms with Crippen molar-refractivity contribution in [3.05, 3.63) is 80.8 Å². The number of thiazole rings is 1. The van der Waals surface area contributed by atoms with Crippen molar-refractivity contribution in [2.24, 2.45) is 0 Å². The number of benzene rings is 2. The summed E-state index contributed by atoms with van der Waals surface area (Å²) in [4.78, 5) is 32.6. The lowest BCUT2D eigenvalue weighted by molar-refractivity contribution is -0.141. The van der Waals surface area contributed by atoms with Crippen LogP contribution in [0.3, 0.4) is 0 Å². The number of ether oxygens (including phenoxy) is 1. The number of hydrogen-bond acceptors (Lipinski definition) is 8. The fraction of sp³-hybridized carbons (Fsp3) is 0.370. The van der Waals surface area contributed by atoms with E-state index in [0.717, 1.165) is 16.3 Å². The summed E-state index contributed by atoms with van der Waals surface area (Å²) in [5.41, 5.74) is 2.29. The highest BCUT2D eigenvalue weighted by molar-refractivity contribution is 7.87. The van der Waals surface area contributed by atoms with Gasteiger partial charge in [-0.1, -0.05) is 36.4 Å². The lowest BCUT2D eigenvalue weighted by Crippen LogP contribution is -2.39. The standard InChI is InChI=1S/C27H34N4O6S2/c1-18-16-21(37-5)13-14-22(18)25(32)27(34)31(15-9-12-20-10-7-6-8-11-20)17-23-28-24(19(2)38-23)26(33)29-39(35,36)30(3)4/h6-8,10-11,13-14,16,25,32H,9,12,15,17H2,1-5H3,(H,29,33). The van der Waals surface area contributed by atoms with Crippen LogP contribution in [0.1, 0.15) is 49.6 Å². The normalized spacial score (nSPS) is 12.3. The van der Waals surface area contributed by atoms with Crippen molar-refractivity contribution in [3.8, 4) is 5.75 Å². The van der Waals surface area contributed by atoms with Gasteiger partial charge in [0.25, 0.3) is 11.8 Å². The first kappa shape index (κ1) is 30.2. The fourth-order valence-electron chi connectivity index (χ4n) is 3.92. The van der Waals surface area contributed by atoms with Crippen molar-refractivity contribution in [1.29, 1.82) is 0 Å². The summed E-state index contributed by atoms with van der Waals surface area (Å²) in [6.07, 6.45) is -0.0281. The van der Waals surface area contributed by atoms with Gasteiger partial charge in [-0.25, -0.2) is 9.71 Å². The Bertz CT molecular complexity index is 1410. The predicted molar refractivity (Wildman–Crippen MR) is 150 cm³/mol. The largest absolute Gasteiger partial charge is 0.497 e. The van der Waals surface area contributed by atoms with Gasteiger partial charge in [-0.3, -0.25) is 9.59 Å². The molecule has 2 aromatic carbocycles. The third-order valence-electron chi connectivity index (χ3n) is 6.14. The molecule has 0 bridgehead atoms. The van der Waals surface area contributed by atoms with Crippen LogP contribution in [0.25, 0.3) is 0 Å². The SMILES string of the molecule is COc1ccc(C(O)C(=O)N(CCCc2ccccc2)Cc2nc(C(=O)NS(=O)(=O)N(C)C)c(C)s2)c(C)c1. The molecule has 1 unspecified atom stereocenters. The van der Waals surface area contributed by atoms with E-state index in [-0.39, 0.29) is 12.2 Å². The minimum atomic E-state index is -3.99. The van der Waals surface area contributed by atoms with Crippen LogP contribution in [0, 0.1) is 13.8 Å². The van der Waals surface area contributed by atoms with Crippen LogP contribution < -0.4 is 9.46 Å². The zero-order valence-corrected chi connectivity index (χ0v) is 24.3. The van der Waals surface area contributed by atoms with Crippen LogP contribution in [0.5, 0.6) is 5.75 Å². The summed E-state index contributed by atoms with van der Waals surface area (Å²) in [6.45, 7) is 3.86. The van der Waals surface area contributed by atoms with Crippen LogP contribution in [-0.4, -0.2) is 67.3 Å². The summed E-state index contributed by atoms with van der Waals surface area (Å²) >= 11 is 1.20. The molecule has 39 heavy (non-hydrogen) atoms. The molecule has 12 heteroatoms. The lowest BCUT2D eigenvalue weighted by atomic mass is 10.0. The Balaban J connectivity index is 1.83. The molecule has 1 aromatic heterocycles. The Morgan fingerprint density at radius 1 is 1.13 bits per heavy atom. The lowest BCUT2D eigenvalue weighted by Gasteiger charge is -2.25. The van der Waals surface area contributed by atoms with Gasteiger partial charge in [-0.15, -0.1) is 11.3 Å². The van der Waals surface area contributed by atoms with Crippen molar-refractivity contribution >= 4 is 33.4 Å². The second-order valence-corrected chi connectivity index (χ2v) is 12.4. The average Bonchev–Trinajstić information content (AvgIpc) is 3.27. The van der Waals surface area contributed by atoms with Crippen LogP contribution in [-0.2, 0) is 28.0 Å². The maximum Gasteiger partial charge on any atom is 0.303 e. The summed E-state index contributed by atoms with van der Waals surface area (Å²) in [5, 5.41) is 11.5. The van der Waals surface area contributed by atoms with Gasteiger partial charge in [0.1, 0.15) is 16.5 Å². The number of aliphatic hydroxyl groups is 1. The van der Waals surface area contributed by atoms with Crippen molar-refractivity contribution in [2.45, 2.75) is 39.3 Å². The van der Waals surface area contributed by atoms with Crippen molar-refractivity contribution in [2.75, 3.05) is 27.7 Å². The van der Waals surface area contributed by atoms with Gasteiger partial charge in [0, 0.05) is 25.5 Å². The molecule has 0 saturated carbocycles. The van der Waals surface area contributed by atoms with E-state index in [1.54, 1.807) is 39.2 Å². The molecule has 0 fully saturated rings. The first-order valence-corrected chi connectivity index (χ1v) is 14.5. The van der Waals surface area contributed by atoms with E-state index < -0.39 is 28.1 Å². The third kappa shape index (κ3) is 7.85. The van der Waals surface area contributed by atoms with Crippen LogP contribution in [0.2, 0.25) is 0 Å². The summed E-state index contributed by atoms with van der Waals surface area (Å²) < 4.78 is 32.3. The van der Waals surface area contributed by atoms with E-state index in [0.29, 0.717) is 39.7 Å². The Kier molecular flexibility index (Phi) is 10.2. The fourth-order valence-corrected chi connectivity index (χ4v) is 5.38. The van der Waals surface area contributed by atoms with Crippen molar-refractivity contribution in [3.63, 3.8) is 0 Å². The molecule has 3 aromatic rings. The number of nitrogens with one attached hydrogen (secondary N) is 1. The first-order valence-electron chi connectivity index (χ1n) is 12.3. The number of rotatable bonds is 12. The quantitative estimate of drug-likeness (QED) is 0.340. The van der Waals surface area contributed by atoms with Gasteiger partial charge in [-0.2, -0.15) is 12.7 Å². The molecule has 0 spiro atoms. The van der Waals surface area contributed by atoms with Gasteiger partial charge in [0.05, 0.1) is 13.7 Å². The number of carbonyl (C=O) groups is 2. The first-order chi connectivity index (χ1) is 18.4. The van der Waals surface area contributed by atoms with E-state index in [1.165, 1.54) is 30.3 Å². The molecule has 0 aliphatic carbocycles. The molecule has 3 rings (SSSR count). The number of nitrogens with zero attached hydrogens (tertiary/aromatic N) is 3. The molecule has 10 nitrogen and oxygen atoms in total. The van der Waals surface area contributed by atoms with Crippen LogP contribution in [0.15, 0.2) is 48.5 Å². The molecular weight excluding hydrogens is 540 g/mol. The van der Waals surface area contributed by atoms with E-state index in [1.807, 2.05) is 35.1 Å². The number of amides is 2. The van der Waals surface area contributed by atoms with Crippen LogP contribution in [0.4, 0.5) is 0 Å². The van der Waals surface area contributed by atoms with E-state index in [9.17, 15) is 23.1 Å². The Morgan fingerprint density at radius 3 is 2.44 bits per heavy atom. The maximum absolute atomic E-state index is 13.5. The Hall–Kier alpha value is -3.32. The van der Waals surface area contributed by atoms with Gasteiger partial charge in [0.2, 0.25) is 0 Å². The van der Waals surface area contributed by atoms with Crippen LogP contribution >= 0.6 is 11.3 Å². The van der Waals surface area contributed by atoms with E-state index >= 15 is 0 Å². The molecular formula is C27H34N4O6S2. The van der Waals surface area contributed by atoms with Gasteiger partial charge in [0.15, 0.2) is 6.10 Å². The zero-order valence-electron chi connectivity index (χ0n) is 22.7. The number of methoxy groups -OCH3 is 1. The molecule has 0 radical (unpaired) electrons. The topological polar surface area (TPSA) is 129 Å². The number of carbonyl (C=O) groups excluding carboxylic acids is 2. The molecule has 0 saturated heterocycles. The summed E-state index contributed by atoms with van der Waals surface area (Å²) in [7, 11) is 0.178. The van der Waals surface area contributed by atoms with Crippen molar-refractivity contribution in [1.82, 2.24) is 18.9 Å². The molecule has 2 amide bonds. The van der Waals surface area contributed by atoms with E-state index in [4.69, 9.17) is 4.74 Å². The Labute approximate surface area is 233 Å². The molecule has 2 N–H and O–H groups in total. The van der Waals surface area contributed by atoms with Gasteiger partial charge >= 0.3 is 10.2 Å². The second kappa shape index (κ2) is 13.2. The highest BCUT2D eigenvalue weighted by atomic mass is 32.2. The second-order valence-electron chi connectivity index (χ2n) is 9.21. The third-order valence-corrected chi connectivity index (χ3v) is 8.50. The monoisotopic (exact) mass is 574 g/mol. The molecule has 1 atom stereocenters. The summed E-state index contributed by atoms with van der Waals surface area (Å²) in [6, 6.07) is 15.0. The van der Waals surface area contributed by atoms with Gasteiger partial charge < -0.3 is 14.7 Å². The maximum atomic E-state index is 13.5. The number of hydrogen-bond donors (Lipinski definition) is 2. The highest BCUT2D eigenvalue weighted by Gasteiger charge is 2.28. The highest BCUT2D eigenvalue weighted by Crippen LogP contribution is 2.26. The number of aromatic nitrogens is 1. The smallest absolute Gasteiger partial charge is 0.303 e. The minimum Gasteiger partial charge on any atom is -0.497 e. The minimum absolute atomic E-state index is 0.0244. The average molecular weight is 575 g/mol. The van der Waals surface area contributed by atoms with Gasteiger partial charge in [-0.05, 0) is 55.5 Å².